The molecule has 0 aromatic heterocycles. The molecule has 5 heteroatoms. The predicted molar refractivity (Wildman–Crippen MR) is 68.5 cm³/mol. The summed E-state index contributed by atoms with van der Waals surface area (Å²) in [5.41, 5.74) is 0. The number of likely N-dealkylation sites (tertiary alicyclic amines) is 1. The lowest BCUT2D eigenvalue weighted by atomic mass is 10.0. The van der Waals surface area contributed by atoms with Crippen LogP contribution >= 0.6 is 0 Å². The maximum absolute atomic E-state index is 12.5. The Kier molecular flexibility index (Phi) is 3.70. The third kappa shape index (κ3) is 2.34. The smallest absolute Gasteiger partial charge is 0.320 e. The van der Waals surface area contributed by atoms with Gasteiger partial charge in [0.05, 0.1) is 13.2 Å². The van der Waals surface area contributed by atoms with Crippen molar-refractivity contribution < 1.29 is 9.53 Å². The molecule has 0 aromatic carbocycles. The van der Waals surface area contributed by atoms with Crippen molar-refractivity contribution in [1.82, 2.24) is 15.1 Å². The van der Waals surface area contributed by atoms with Crippen molar-refractivity contribution >= 4 is 6.03 Å². The average Bonchev–Trinajstić information content (AvgIpc) is 3.09. The summed E-state index contributed by atoms with van der Waals surface area (Å²) in [5.74, 6) is 0. The molecule has 0 saturated carbocycles. The first-order chi connectivity index (χ1) is 8.86. The normalized spacial score (nSPS) is 33.1. The number of nitrogens with one attached hydrogen (secondary N) is 1. The lowest BCUT2D eigenvalue weighted by Gasteiger charge is -2.35. The van der Waals surface area contributed by atoms with E-state index >= 15 is 0 Å². The zero-order valence-electron chi connectivity index (χ0n) is 10.9. The molecule has 3 rings (SSSR count). The Labute approximate surface area is 108 Å². The van der Waals surface area contributed by atoms with Crippen molar-refractivity contribution in [2.24, 2.45) is 0 Å². The summed E-state index contributed by atoms with van der Waals surface area (Å²) in [6, 6.07) is 1.18. The third-order valence-electron chi connectivity index (χ3n) is 4.39. The minimum Gasteiger partial charge on any atom is -0.378 e. The van der Waals surface area contributed by atoms with Gasteiger partial charge in [-0.2, -0.15) is 0 Å². The summed E-state index contributed by atoms with van der Waals surface area (Å²) in [6.45, 7) is 4.91. The number of nitrogens with zero attached hydrogens (tertiary/aromatic N) is 2. The van der Waals surface area contributed by atoms with Crippen molar-refractivity contribution in [1.29, 1.82) is 0 Å². The lowest BCUT2D eigenvalue weighted by molar-refractivity contribution is 0.0410. The summed E-state index contributed by atoms with van der Waals surface area (Å²) >= 11 is 0. The maximum Gasteiger partial charge on any atom is 0.320 e. The topological polar surface area (TPSA) is 44.8 Å². The number of hydrogen-bond donors (Lipinski definition) is 1. The van der Waals surface area contributed by atoms with Gasteiger partial charge in [0.1, 0.15) is 0 Å². The number of ether oxygens (including phenoxy) is 1. The van der Waals surface area contributed by atoms with Crippen LogP contribution in [0.3, 0.4) is 0 Å². The molecule has 0 aromatic rings. The Morgan fingerprint density at radius 3 is 2.67 bits per heavy atom. The van der Waals surface area contributed by atoms with E-state index < -0.39 is 0 Å². The van der Waals surface area contributed by atoms with Crippen molar-refractivity contribution in [3.05, 3.63) is 0 Å². The first-order valence-electron chi connectivity index (χ1n) is 7.23. The number of hydrogen-bond acceptors (Lipinski definition) is 3. The van der Waals surface area contributed by atoms with E-state index in [1.807, 2.05) is 4.90 Å². The molecule has 0 bridgehead atoms. The van der Waals surface area contributed by atoms with Gasteiger partial charge in [0.2, 0.25) is 0 Å². The Morgan fingerprint density at radius 2 is 1.94 bits per heavy atom. The predicted octanol–water partition coefficient (Wildman–Crippen LogP) is 0.655. The van der Waals surface area contributed by atoms with Gasteiger partial charge in [-0.15, -0.1) is 0 Å². The van der Waals surface area contributed by atoms with Crippen molar-refractivity contribution in [2.75, 3.05) is 39.4 Å². The molecule has 2 amide bonds. The van der Waals surface area contributed by atoms with Gasteiger partial charge in [-0.05, 0) is 32.2 Å². The van der Waals surface area contributed by atoms with Crippen LogP contribution in [0.2, 0.25) is 0 Å². The quantitative estimate of drug-likeness (QED) is 0.746. The van der Waals surface area contributed by atoms with Gasteiger partial charge >= 0.3 is 6.03 Å². The molecule has 3 fully saturated rings. The Bertz CT molecular complexity index is 299. The number of urea groups is 1. The van der Waals surface area contributed by atoms with Crippen LogP contribution in [-0.2, 0) is 4.74 Å². The standard InChI is InChI=1S/C13H23N3O2/c17-13(15-7-9-18-10-8-15)16-6-2-4-12(16)11-3-1-5-14-11/h11-12,14H,1-10H2. The van der Waals surface area contributed by atoms with Crippen LogP contribution in [0.4, 0.5) is 4.79 Å². The Hall–Kier alpha value is -0.810. The van der Waals surface area contributed by atoms with E-state index in [1.54, 1.807) is 0 Å². The molecule has 0 aliphatic carbocycles. The minimum absolute atomic E-state index is 0.231. The van der Waals surface area contributed by atoms with E-state index in [2.05, 4.69) is 10.2 Å². The summed E-state index contributed by atoms with van der Waals surface area (Å²) in [5, 5.41) is 3.55. The van der Waals surface area contributed by atoms with Gasteiger partial charge in [-0.25, -0.2) is 4.79 Å². The fraction of sp³-hybridized carbons (Fsp3) is 0.923. The number of carbonyl (C=O) groups is 1. The van der Waals surface area contributed by atoms with Crippen LogP contribution in [0.25, 0.3) is 0 Å². The summed E-state index contributed by atoms with van der Waals surface area (Å²) in [4.78, 5) is 16.6. The monoisotopic (exact) mass is 253 g/mol. The highest BCUT2D eigenvalue weighted by molar-refractivity contribution is 5.75. The summed E-state index contributed by atoms with van der Waals surface area (Å²) in [7, 11) is 0. The molecule has 1 N–H and O–H groups in total. The van der Waals surface area contributed by atoms with Gasteiger partial charge < -0.3 is 19.9 Å². The lowest BCUT2D eigenvalue weighted by Crippen LogP contribution is -2.53. The van der Waals surface area contributed by atoms with Gasteiger partial charge in [0.25, 0.3) is 0 Å². The molecule has 3 heterocycles. The summed E-state index contributed by atoms with van der Waals surface area (Å²) < 4.78 is 5.31. The second kappa shape index (κ2) is 5.45. The first kappa shape index (κ1) is 12.2. The van der Waals surface area contributed by atoms with E-state index in [-0.39, 0.29) is 6.03 Å². The van der Waals surface area contributed by atoms with Crippen molar-refractivity contribution in [3.8, 4) is 0 Å². The molecule has 5 nitrogen and oxygen atoms in total. The first-order valence-corrected chi connectivity index (χ1v) is 7.23. The molecule has 3 aliphatic rings. The highest BCUT2D eigenvalue weighted by Crippen LogP contribution is 2.26. The van der Waals surface area contributed by atoms with E-state index in [0.717, 1.165) is 39.0 Å². The molecule has 2 unspecified atom stereocenters. The molecule has 3 aliphatic heterocycles. The van der Waals surface area contributed by atoms with Crippen LogP contribution in [0.5, 0.6) is 0 Å². The maximum atomic E-state index is 12.5. The highest BCUT2D eigenvalue weighted by Gasteiger charge is 2.37. The largest absolute Gasteiger partial charge is 0.378 e. The number of morpholine rings is 1. The van der Waals surface area contributed by atoms with Gasteiger partial charge in [0, 0.05) is 31.7 Å². The van der Waals surface area contributed by atoms with Crippen LogP contribution < -0.4 is 5.32 Å². The Balaban J connectivity index is 1.63. The molecule has 18 heavy (non-hydrogen) atoms. The van der Waals surface area contributed by atoms with E-state index in [1.165, 1.54) is 12.8 Å². The third-order valence-corrected chi connectivity index (χ3v) is 4.39. The molecule has 3 saturated heterocycles. The molecule has 102 valence electrons. The molecule has 0 radical (unpaired) electrons. The highest BCUT2D eigenvalue weighted by atomic mass is 16.5. The number of carbonyl (C=O) groups excluding carboxylic acids is 1. The van der Waals surface area contributed by atoms with Gasteiger partial charge in [-0.3, -0.25) is 0 Å². The SMILES string of the molecule is O=C(N1CCOCC1)N1CCCC1C1CCCN1. The van der Waals surface area contributed by atoms with Crippen molar-refractivity contribution in [3.63, 3.8) is 0 Å². The zero-order valence-corrected chi connectivity index (χ0v) is 10.9. The second-order valence-electron chi connectivity index (χ2n) is 5.49. The van der Waals surface area contributed by atoms with Gasteiger partial charge in [0.15, 0.2) is 0 Å². The van der Waals surface area contributed by atoms with Crippen LogP contribution in [0.1, 0.15) is 25.7 Å². The van der Waals surface area contributed by atoms with E-state index in [4.69, 9.17) is 4.74 Å². The Morgan fingerprint density at radius 1 is 1.11 bits per heavy atom. The minimum atomic E-state index is 0.231. The summed E-state index contributed by atoms with van der Waals surface area (Å²) in [6.07, 6.45) is 4.78. The molecular formula is C13H23N3O2. The fourth-order valence-electron chi connectivity index (χ4n) is 3.42. The van der Waals surface area contributed by atoms with Gasteiger partial charge in [-0.1, -0.05) is 0 Å². The molecular weight excluding hydrogens is 230 g/mol. The molecule has 2 atom stereocenters. The van der Waals surface area contributed by atoms with Crippen molar-refractivity contribution in [2.45, 2.75) is 37.8 Å². The van der Waals surface area contributed by atoms with Crippen LogP contribution in [-0.4, -0.2) is 67.3 Å². The van der Waals surface area contributed by atoms with E-state index in [9.17, 15) is 4.79 Å². The average molecular weight is 253 g/mol. The van der Waals surface area contributed by atoms with E-state index in [0.29, 0.717) is 25.3 Å². The number of rotatable bonds is 1. The number of amides is 2. The molecule has 0 spiro atoms. The zero-order chi connectivity index (χ0) is 12.4. The fourth-order valence-corrected chi connectivity index (χ4v) is 3.42. The van der Waals surface area contributed by atoms with Crippen LogP contribution in [0, 0.1) is 0 Å². The second-order valence-corrected chi connectivity index (χ2v) is 5.49. The van der Waals surface area contributed by atoms with Crippen LogP contribution in [0.15, 0.2) is 0 Å².